The van der Waals surface area contributed by atoms with Crippen LogP contribution in [0.5, 0.6) is 5.75 Å². The second-order valence-corrected chi connectivity index (χ2v) is 4.99. The molecule has 0 aliphatic heterocycles. The molecule has 0 unspecified atom stereocenters. The van der Waals surface area contributed by atoms with Gasteiger partial charge in [-0.05, 0) is 33.6 Å². The molecule has 20 heavy (non-hydrogen) atoms. The highest BCUT2D eigenvalue weighted by atomic mass is 79.9. The first-order valence-corrected chi connectivity index (χ1v) is 6.75. The van der Waals surface area contributed by atoms with Crippen molar-refractivity contribution in [3.63, 3.8) is 0 Å². The minimum Gasteiger partial charge on any atom is -0.487 e. The summed E-state index contributed by atoms with van der Waals surface area (Å²) in [6, 6.07) is 12.9. The van der Waals surface area contributed by atoms with Crippen LogP contribution < -0.4 is 10.5 Å². The van der Waals surface area contributed by atoms with Crippen LogP contribution in [0.1, 0.15) is 15.9 Å². The number of nitrogen functional groups attached to an aromatic ring is 1. The molecular weight excluding hydrogens is 322 g/mol. The molecule has 4 nitrogen and oxygen atoms in total. The Morgan fingerprint density at radius 3 is 2.60 bits per heavy atom. The van der Waals surface area contributed by atoms with Crippen molar-refractivity contribution < 1.29 is 14.3 Å². The third kappa shape index (κ3) is 3.30. The van der Waals surface area contributed by atoms with Crippen molar-refractivity contribution in [2.75, 3.05) is 12.8 Å². The van der Waals surface area contributed by atoms with E-state index in [0.29, 0.717) is 28.1 Å². The smallest absolute Gasteiger partial charge is 0.338 e. The summed E-state index contributed by atoms with van der Waals surface area (Å²) in [5, 5.41) is 0. The number of carbonyl (C=O) groups excluding carboxylic acids is 1. The number of carbonyl (C=O) groups is 1. The Morgan fingerprint density at radius 1 is 1.25 bits per heavy atom. The Morgan fingerprint density at radius 2 is 1.95 bits per heavy atom. The summed E-state index contributed by atoms with van der Waals surface area (Å²) in [4.78, 5) is 11.6. The first-order valence-electron chi connectivity index (χ1n) is 5.96. The van der Waals surface area contributed by atoms with E-state index in [-0.39, 0.29) is 0 Å². The number of nitrogens with two attached hydrogens (primary N) is 1. The van der Waals surface area contributed by atoms with Gasteiger partial charge in [-0.2, -0.15) is 0 Å². The van der Waals surface area contributed by atoms with Gasteiger partial charge < -0.3 is 15.2 Å². The number of halogens is 1. The van der Waals surface area contributed by atoms with Crippen molar-refractivity contribution in [2.24, 2.45) is 0 Å². The lowest BCUT2D eigenvalue weighted by Gasteiger charge is -2.12. The number of ether oxygens (including phenoxy) is 2. The van der Waals surface area contributed by atoms with Gasteiger partial charge >= 0.3 is 5.97 Å². The van der Waals surface area contributed by atoms with E-state index in [2.05, 4.69) is 15.9 Å². The van der Waals surface area contributed by atoms with Crippen molar-refractivity contribution in [1.29, 1.82) is 0 Å². The molecule has 0 saturated heterocycles. The minimum absolute atomic E-state index is 0.377. The van der Waals surface area contributed by atoms with Crippen LogP contribution in [0, 0.1) is 0 Å². The first-order chi connectivity index (χ1) is 9.61. The molecule has 0 radical (unpaired) electrons. The Bertz CT molecular complexity index is 614. The maximum atomic E-state index is 11.6. The third-order valence-electron chi connectivity index (χ3n) is 2.75. The summed E-state index contributed by atoms with van der Waals surface area (Å²) in [7, 11) is 1.33. The Kier molecular flexibility index (Phi) is 4.63. The standard InChI is InChI=1S/C15H14BrNO3/c1-19-15(18)11-7-12(16)14(17)13(8-11)20-9-10-5-3-2-4-6-10/h2-8H,9,17H2,1H3. The maximum Gasteiger partial charge on any atom is 0.338 e. The van der Waals surface area contributed by atoms with Crippen LogP contribution in [0.3, 0.4) is 0 Å². The van der Waals surface area contributed by atoms with E-state index < -0.39 is 5.97 Å². The number of benzene rings is 2. The van der Waals surface area contributed by atoms with E-state index in [1.165, 1.54) is 7.11 Å². The second kappa shape index (κ2) is 6.43. The van der Waals surface area contributed by atoms with Gasteiger partial charge in [-0.3, -0.25) is 0 Å². The van der Waals surface area contributed by atoms with Gasteiger partial charge in [0, 0.05) is 4.47 Å². The summed E-state index contributed by atoms with van der Waals surface area (Å²) in [5.74, 6) is 0.0129. The summed E-state index contributed by atoms with van der Waals surface area (Å²) >= 11 is 3.31. The highest BCUT2D eigenvalue weighted by Gasteiger charge is 2.13. The van der Waals surface area contributed by atoms with Crippen molar-refractivity contribution in [2.45, 2.75) is 6.61 Å². The zero-order valence-electron chi connectivity index (χ0n) is 10.9. The Balaban J connectivity index is 2.22. The third-order valence-corrected chi connectivity index (χ3v) is 3.41. The van der Waals surface area contributed by atoms with Crippen LogP contribution in [-0.4, -0.2) is 13.1 Å². The number of esters is 1. The predicted molar refractivity (Wildman–Crippen MR) is 80.7 cm³/mol. The number of anilines is 1. The van der Waals surface area contributed by atoms with Crippen molar-refractivity contribution in [3.8, 4) is 5.75 Å². The van der Waals surface area contributed by atoms with E-state index in [0.717, 1.165) is 5.56 Å². The van der Waals surface area contributed by atoms with Crippen LogP contribution in [0.15, 0.2) is 46.9 Å². The molecule has 0 amide bonds. The van der Waals surface area contributed by atoms with Gasteiger partial charge in [-0.25, -0.2) is 4.79 Å². The summed E-state index contributed by atoms with van der Waals surface area (Å²) < 4.78 is 11.0. The van der Waals surface area contributed by atoms with Crippen LogP contribution >= 0.6 is 15.9 Å². The molecule has 0 fully saturated rings. The lowest BCUT2D eigenvalue weighted by molar-refractivity contribution is 0.0600. The molecule has 0 saturated carbocycles. The molecule has 0 atom stereocenters. The highest BCUT2D eigenvalue weighted by molar-refractivity contribution is 9.10. The van der Waals surface area contributed by atoms with E-state index in [1.54, 1.807) is 12.1 Å². The van der Waals surface area contributed by atoms with E-state index >= 15 is 0 Å². The van der Waals surface area contributed by atoms with E-state index in [9.17, 15) is 4.79 Å². The Hall–Kier alpha value is -2.01. The molecule has 0 aliphatic carbocycles. The molecule has 0 bridgehead atoms. The molecule has 2 aromatic rings. The predicted octanol–water partition coefficient (Wildman–Crippen LogP) is 3.40. The second-order valence-electron chi connectivity index (χ2n) is 4.14. The van der Waals surface area contributed by atoms with Crippen LogP contribution in [0.4, 0.5) is 5.69 Å². The van der Waals surface area contributed by atoms with E-state index in [1.807, 2.05) is 30.3 Å². The summed E-state index contributed by atoms with van der Waals surface area (Å²) in [5.41, 5.74) is 7.79. The van der Waals surface area contributed by atoms with Crippen LogP contribution in [-0.2, 0) is 11.3 Å². The molecule has 2 N–H and O–H groups in total. The maximum absolute atomic E-state index is 11.6. The summed E-state index contributed by atoms with van der Waals surface area (Å²) in [6.07, 6.45) is 0. The average Bonchev–Trinajstić information content (AvgIpc) is 2.48. The SMILES string of the molecule is COC(=O)c1cc(Br)c(N)c(OCc2ccccc2)c1. The summed E-state index contributed by atoms with van der Waals surface area (Å²) in [6.45, 7) is 0.377. The van der Waals surface area contributed by atoms with Gasteiger partial charge in [0.2, 0.25) is 0 Å². The fraction of sp³-hybridized carbons (Fsp3) is 0.133. The van der Waals surface area contributed by atoms with Gasteiger partial charge in [0.15, 0.2) is 0 Å². The number of rotatable bonds is 4. The minimum atomic E-state index is -0.435. The molecule has 2 rings (SSSR count). The number of hydrogen-bond acceptors (Lipinski definition) is 4. The quantitative estimate of drug-likeness (QED) is 0.687. The Labute approximate surface area is 125 Å². The topological polar surface area (TPSA) is 61.5 Å². The zero-order valence-corrected chi connectivity index (χ0v) is 12.5. The van der Waals surface area contributed by atoms with Gasteiger partial charge in [0.25, 0.3) is 0 Å². The van der Waals surface area contributed by atoms with E-state index in [4.69, 9.17) is 15.2 Å². The van der Waals surface area contributed by atoms with Gasteiger partial charge in [-0.1, -0.05) is 30.3 Å². The van der Waals surface area contributed by atoms with Crippen molar-refractivity contribution in [1.82, 2.24) is 0 Å². The van der Waals surface area contributed by atoms with Crippen molar-refractivity contribution in [3.05, 3.63) is 58.1 Å². The molecule has 2 aromatic carbocycles. The lowest BCUT2D eigenvalue weighted by Crippen LogP contribution is -2.05. The molecule has 0 spiro atoms. The molecule has 0 aliphatic rings. The molecule has 0 heterocycles. The zero-order chi connectivity index (χ0) is 14.5. The monoisotopic (exact) mass is 335 g/mol. The molecule has 104 valence electrons. The average molecular weight is 336 g/mol. The first kappa shape index (κ1) is 14.4. The van der Waals surface area contributed by atoms with Crippen LogP contribution in [0.25, 0.3) is 0 Å². The lowest BCUT2D eigenvalue weighted by atomic mass is 10.2. The molecular formula is C15H14BrNO3. The largest absolute Gasteiger partial charge is 0.487 e. The molecule has 5 heteroatoms. The highest BCUT2D eigenvalue weighted by Crippen LogP contribution is 2.32. The fourth-order valence-corrected chi connectivity index (χ4v) is 2.13. The molecule has 0 aromatic heterocycles. The van der Waals surface area contributed by atoms with Crippen molar-refractivity contribution >= 4 is 27.6 Å². The van der Waals surface area contributed by atoms with Crippen LogP contribution in [0.2, 0.25) is 0 Å². The number of methoxy groups -OCH3 is 1. The fourth-order valence-electron chi connectivity index (χ4n) is 1.68. The van der Waals surface area contributed by atoms with Gasteiger partial charge in [0.05, 0.1) is 18.4 Å². The number of hydrogen-bond donors (Lipinski definition) is 1. The van der Waals surface area contributed by atoms with Gasteiger partial charge in [-0.15, -0.1) is 0 Å². The van der Waals surface area contributed by atoms with Gasteiger partial charge in [0.1, 0.15) is 12.4 Å². The normalized spacial score (nSPS) is 10.1.